The molecule has 1 spiro atoms. The fraction of sp³-hybridized carbons (Fsp3) is 0.0816. The minimum atomic E-state index is -0.492. The standard InChI is InChI=1S/C49H33N3O/c1-48(2)38-25-13-14-26-39(38)49(36-23-11-9-20-32(36)33-21-10-12-24-37(33)49)40-29-28-34-42-35(22-15-27-41(42)53-44(34)43(40)48)47-51-45(30-16-5-3-6-17-30)50-46(52-47)31-18-7-4-8-19-31/h3-29H,1-2H3. The Bertz CT molecular complexity index is 2820. The van der Waals surface area contributed by atoms with Gasteiger partial charge in [-0.2, -0.15) is 0 Å². The number of rotatable bonds is 3. The molecule has 250 valence electrons. The van der Waals surface area contributed by atoms with Gasteiger partial charge >= 0.3 is 0 Å². The van der Waals surface area contributed by atoms with Gasteiger partial charge in [-0.05, 0) is 45.0 Å². The molecule has 0 aliphatic heterocycles. The molecule has 0 unspecified atom stereocenters. The maximum Gasteiger partial charge on any atom is 0.164 e. The van der Waals surface area contributed by atoms with E-state index in [9.17, 15) is 0 Å². The summed E-state index contributed by atoms with van der Waals surface area (Å²) in [4.78, 5) is 15.2. The normalized spacial score (nSPS) is 14.5. The number of furan rings is 1. The van der Waals surface area contributed by atoms with Gasteiger partial charge in [-0.3, -0.25) is 0 Å². The highest BCUT2D eigenvalue weighted by Gasteiger charge is 2.54. The predicted octanol–water partition coefficient (Wildman–Crippen LogP) is 11.8. The molecule has 0 bridgehead atoms. The van der Waals surface area contributed by atoms with E-state index < -0.39 is 5.41 Å². The van der Waals surface area contributed by atoms with Crippen LogP contribution in [0.25, 0.3) is 67.2 Å². The average molecular weight is 680 g/mol. The quantitative estimate of drug-likeness (QED) is 0.186. The van der Waals surface area contributed by atoms with Crippen LogP contribution in [0.1, 0.15) is 47.2 Å². The number of fused-ring (bicyclic) bond motifs is 13. The summed E-state index contributed by atoms with van der Waals surface area (Å²) >= 11 is 0. The van der Waals surface area contributed by atoms with E-state index in [0.717, 1.165) is 38.6 Å². The predicted molar refractivity (Wildman–Crippen MR) is 213 cm³/mol. The van der Waals surface area contributed by atoms with Crippen molar-refractivity contribution in [3.05, 3.63) is 197 Å². The van der Waals surface area contributed by atoms with Crippen molar-refractivity contribution in [3.63, 3.8) is 0 Å². The first-order chi connectivity index (χ1) is 26.0. The summed E-state index contributed by atoms with van der Waals surface area (Å²) in [5.41, 5.74) is 14.0. The third-order valence-corrected chi connectivity index (χ3v) is 11.6. The summed E-state index contributed by atoms with van der Waals surface area (Å²) in [5, 5.41) is 2.06. The van der Waals surface area contributed by atoms with Gasteiger partial charge in [-0.1, -0.05) is 172 Å². The fourth-order valence-corrected chi connectivity index (χ4v) is 9.39. The highest BCUT2D eigenvalue weighted by atomic mass is 16.3. The second-order valence-corrected chi connectivity index (χ2v) is 14.7. The van der Waals surface area contributed by atoms with Crippen LogP contribution >= 0.6 is 0 Å². The summed E-state index contributed by atoms with van der Waals surface area (Å²) in [5.74, 6) is 1.88. The highest BCUT2D eigenvalue weighted by molar-refractivity contribution is 6.13. The zero-order chi connectivity index (χ0) is 35.3. The van der Waals surface area contributed by atoms with Gasteiger partial charge in [0.25, 0.3) is 0 Å². The van der Waals surface area contributed by atoms with Gasteiger partial charge in [0, 0.05) is 38.4 Å². The Kier molecular flexibility index (Phi) is 6.19. The molecule has 0 radical (unpaired) electrons. The van der Waals surface area contributed by atoms with Crippen molar-refractivity contribution in [1.29, 1.82) is 0 Å². The zero-order valence-electron chi connectivity index (χ0n) is 29.3. The first kappa shape index (κ1) is 30.0. The molecule has 0 saturated heterocycles. The molecule has 2 aromatic heterocycles. The lowest BCUT2D eigenvalue weighted by Crippen LogP contribution is -2.40. The Morgan fingerprint density at radius 2 is 0.925 bits per heavy atom. The fourth-order valence-electron chi connectivity index (χ4n) is 9.39. The Balaban J connectivity index is 1.23. The molecule has 0 amide bonds. The smallest absolute Gasteiger partial charge is 0.164 e. The number of nitrogens with zero attached hydrogens (tertiary/aromatic N) is 3. The molecular formula is C49H33N3O. The van der Waals surface area contributed by atoms with Crippen molar-refractivity contribution in [3.8, 4) is 45.3 Å². The Morgan fingerprint density at radius 3 is 1.55 bits per heavy atom. The molecule has 9 aromatic rings. The molecule has 53 heavy (non-hydrogen) atoms. The lowest BCUT2D eigenvalue weighted by Gasteiger charge is -2.46. The highest BCUT2D eigenvalue weighted by Crippen LogP contribution is 2.63. The second-order valence-electron chi connectivity index (χ2n) is 14.7. The SMILES string of the molecule is CC1(C)c2ccccc2C2(c3ccccc3-c3ccccc32)c2ccc3c(oc4cccc(-c5nc(-c6ccccc6)nc(-c6ccccc6)n5)c43)c21. The number of hydrogen-bond donors (Lipinski definition) is 0. The molecular weight excluding hydrogens is 647 g/mol. The molecule has 0 N–H and O–H groups in total. The first-order valence-corrected chi connectivity index (χ1v) is 18.2. The van der Waals surface area contributed by atoms with Crippen molar-refractivity contribution in [2.75, 3.05) is 0 Å². The number of aromatic nitrogens is 3. The van der Waals surface area contributed by atoms with E-state index in [1.165, 1.54) is 44.5 Å². The maximum absolute atomic E-state index is 7.10. The van der Waals surface area contributed by atoms with Crippen LogP contribution in [-0.4, -0.2) is 15.0 Å². The third-order valence-electron chi connectivity index (χ3n) is 11.6. The van der Waals surface area contributed by atoms with E-state index in [2.05, 4.69) is 111 Å². The van der Waals surface area contributed by atoms with E-state index in [4.69, 9.17) is 19.4 Å². The van der Waals surface area contributed by atoms with Crippen LogP contribution in [0.5, 0.6) is 0 Å². The lowest BCUT2D eigenvalue weighted by molar-refractivity contribution is 0.551. The van der Waals surface area contributed by atoms with E-state index >= 15 is 0 Å². The van der Waals surface area contributed by atoms with Crippen LogP contribution in [0.2, 0.25) is 0 Å². The van der Waals surface area contributed by atoms with Crippen molar-refractivity contribution in [2.45, 2.75) is 24.7 Å². The van der Waals surface area contributed by atoms with Gasteiger partial charge in [0.1, 0.15) is 11.2 Å². The topological polar surface area (TPSA) is 51.8 Å². The Labute approximate surface area is 307 Å². The molecule has 2 aliphatic rings. The van der Waals surface area contributed by atoms with E-state index in [-0.39, 0.29) is 5.41 Å². The van der Waals surface area contributed by atoms with Gasteiger partial charge in [-0.15, -0.1) is 0 Å². The summed E-state index contributed by atoms with van der Waals surface area (Å²) < 4.78 is 7.10. The van der Waals surface area contributed by atoms with Crippen LogP contribution in [0.3, 0.4) is 0 Å². The minimum Gasteiger partial charge on any atom is -0.456 e. The maximum atomic E-state index is 7.10. The van der Waals surface area contributed by atoms with Crippen LogP contribution < -0.4 is 0 Å². The summed E-state index contributed by atoms with van der Waals surface area (Å²) in [6.45, 7) is 4.70. The molecule has 2 aliphatic carbocycles. The minimum absolute atomic E-state index is 0.356. The van der Waals surface area contributed by atoms with Crippen LogP contribution in [-0.2, 0) is 10.8 Å². The number of benzene rings is 7. The summed E-state index contributed by atoms with van der Waals surface area (Å²) in [7, 11) is 0. The lowest BCUT2D eigenvalue weighted by atomic mass is 9.55. The van der Waals surface area contributed by atoms with Crippen LogP contribution in [0, 0.1) is 0 Å². The van der Waals surface area contributed by atoms with Gasteiger partial charge in [0.2, 0.25) is 0 Å². The van der Waals surface area contributed by atoms with Crippen LogP contribution in [0.15, 0.2) is 168 Å². The van der Waals surface area contributed by atoms with Crippen molar-refractivity contribution < 1.29 is 4.42 Å². The molecule has 0 saturated carbocycles. The van der Waals surface area contributed by atoms with E-state index in [0.29, 0.717) is 17.5 Å². The van der Waals surface area contributed by atoms with Gasteiger partial charge in [-0.25, -0.2) is 15.0 Å². The van der Waals surface area contributed by atoms with Crippen LogP contribution in [0.4, 0.5) is 0 Å². The Morgan fingerprint density at radius 1 is 0.415 bits per heavy atom. The molecule has 0 fully saturated rings. The van der Waals surface area contributed by atoms with Crippen molar-refractivity contribution in [1.82, 2.24) is 15.0 Å². The van der Waals surface area contributed by atoms with Crippen molar-refractivity contribution >= 4 is 21.9 Å². The molecule has 0 atom stereocenters. The molecule has 4 nitrogen and oxygen atoms in total. The van der Waals surface area contributed by atoms with Crippen molar-refractivity contribution in [2.24, 2.45) is 0 Å². The zero-order valence-corrected chi connectivity index (χ0v) is 29.3. The van der Waals surface area contributed by atoms with E-state index in [1.54, 1.807) is 0 Å². The largest absolute Gasteiger partial charge is 0.456 e. The first-order valence-electron chi connectivity index (χ1n) is 18.2. The average Bonchev–Trinajstić information content (AvgIpc) is 3.75. The van der Waals surface area contributed by atoms with Gasteiger partial charge < -0.3 is 4.42 Å². The molecule has 2 heterocycles. The second kappa shape index (κ2) is 10.9. The Hall–Kier alpha value is -6.65. The monoisotopic (exact) mass is 679 g/mol. The number of hydrogen-bond acceptors (Lipinski definition) is 4. The molecule has 7 aromatic carbocycles. The summed E-state index contributed by atoms with van der Waals surface area (Å²) in [6, 6.07) is 58.1. The molecule has 11 rings (SSSR count). The summed E-state index contributed by atoms with van der Waals surface area (Å²) in [6.07, 6.45) is 0. The van der Waals surface area contributed by atoms with Gasteiger partial charge in [0.05, 0.1) is 5.41 Å². The molecule has 4 heteroatoms. The van der Waals surface area contributed by atoms with E-state index in [1.807, 2.05) is 66.7 Å². The third kappa shape index (κ3) is 4.03. The van der Waals surface area contributed by atoms with Gasteiger partial charge in [0.15, 0.2) is 17.5 Å².